The van der Waals surface area contributed by atoms with E-state index in [4.69, 9.17) is 5.21 Å². The normalized spacial score (nSPS) is 10.5. The van der Waals surface area contributed by atoms with Crippen molar-refractivity contribution in [3.05, 3.63) is 71.4 Å². The van der Waals surface area contributed by atoms with Gasteiger partial charge in [0.1, 0.15) is 5.69 Å². The lowest BCUT2D eigenvalue weighted by Crippen LogP contribution is -2.20. The number of hydroxylamine groups is 1. The molecular weight excluding hydrogens is 378 g/mol. The minimum Gasteiger partial charge on any atom is -0.306 e. The van der Waals surface area contributed by atoms with Gasteiger partial charge in [0.05, 0.1) is 12.7 Å². The van der Waals surface area contributed by atoms with Crippen LogP contribution in [0.1, 0.15) is 42.3 Å². The Labute approximate surface area is 178 Å². The Morgan fingerprint density at radius 1 is 1.07 bits per heavy atom. The second-order valence-corrected chi connectivity index (χ2v) is 6.78. The summed E-state index contributed by atoms with van der Waals surface area (Å²) in [5, 5.41) is 17.1. The number of benzene rings is 2. The van der Waals surface area contributed by atoms with E-state index in [2.05, 4.69) is 53.4 Å². The number of amides is 1. The van der Waals surface area contributed by atoms with E-state index < -0.39 is 5.91 Å². The maximum Gasteiger partial charge on any atom is 0.274 e. The Morgan fingerprint density at radius 2 is 1.70 bits per heavy atom. The highest BCUT2D eigenvalue weighted by molar-refractivity contribution is 5.93. The molecule has 0 radical (unpaired) electrons. The number of likely N-dealkylation sites (N-methyl/N-ethyl adjacent to an activating group) is 1. The number of rotatable bonds is 8. The van der Waals surface area contributed by atoms with Crippen LogP contribution in [0.2, 0.25) is 0 Å². The van der Waals surface area contributed by atoms with Crippen molar-refractivity contribution >= 4 is 5.91 Å². The van der Waals surface area contributed by atoms with E-state index in [-0.39, 0.29) is 0 Å². The van der Waals surface area contributed by atoms with Gasteiger partial charge in [-0.3, -0.25) is 10.0 Å². The van der Waals surface area contributed by atoms with Crippen LogP contribution in [0.4, 0.5) is 0 Å². The van der Waals surface area contributed by atoms with Gasteiger partial charge in [0.2, 0.25) is 0 Å². The Kier molecular flexibility index (Phi) is 9.18. The first-order chi connectivity index (χ1) is 14.6. The second-order valence-electron chi connectivity index (χ2n) is 6.78. The summed E-state index contributed by atoms with van der Waals surface area (Å²) in [5.41, 5.74) is 6.18. The van der Waals surface area contributed by atoms with Crippen molar-refractivity contribution in [2.75, 3.05) is 20.1 Å². The fourth-order valence-electron chi connectivity index (χ4n) is 2.84. The van der Waals surface area contributed by atoms with Crippen LogP contribution in [0.15, 0.2) is 54.7 Å². The maximum atomic E-state index is 11.4. The maximum absolute atomic E-state index is 11.4. The SMILES string of the molecule is CC.CCN(C)CCc1ccc(-c2cn(Cc3ccc(C(=O)NO)cc3)nn2)cc1. The van der Waals surface area contributed by atoms with E-state index in [9.17, 15) is 4.79 Å². The Bertz CT molecular complexity index is 904. The first-order valence-corrected chi connectivity index (χ1v) is 10.3. The molecule has 0 bridgehead atoms. The molecule has 0 spiro atoms. The molecule has 0 atom stereocenters. The first-order valence-electron chi connectivity index (χ1n) is 10.3. The Hall–Kier alpha value is -3.03. The Balaban J connectivity index is 0.00000155. The van der Waals surface area contributed by atoms with Crippen LogP contribution < -0.4 is 5.48 Å². The summed E-state index contributed by atoms with van der Waals surface area (Å²) >= 11 is 0. The summed E-state index contributed by atoms with van der Waals surface area (Å²) in [7, 11) is 2.13. The minimum absolute atomic E-state index is 0.399. The van der Waals surface area contributed by atoms with Gasteiger partial charge < -0.3 is 4.90 Å². The summed E-state index contributed by atoms with van der Waals surface area (Å²) in [6.45, 7) is 8.81. The van der Waals surface area contributed by atoms with Crippen molar-refractivity contribution in [1.82, 2.24) is 25.4 Å². The summed E-state index contributed by atoms with van der Waals surface area (Å²) in [6.07, 6.45) is 2.94. The molecule has 0 unspecified atom stereocenters. The molecule has 2 aromatic carbocycles. The van der Waals surface area contributed by atoms with Crippen molar-refractivity contribution in [2.24, 2.45) is 0 Å². The average Bonchev–Trinajstić information content (AvgIpc) is 3.27. The van der Waals surface area contributed by atoms with Crippen molar-refractivity contribution < 1.29 is 10.0 Å². The van der Waals surface area contributed by atoms with E-state index >= 15 is 0 Å². The minimum atomic E-state index is -0.528. The van der Waals surface area contributed by atoms with Crippen LogP contribution in [0.3, 0.4) is 0 Å². The zero-order chi connectivity index (χ0) is 21.9. The molecule has 0 fully saturated rings. The molecule has 1 aromatic heterocycles. The van der Waals surface area contributed by atoms with Crippen LogP contribution in [-0.4, -0.2) is 51.1 Å². The van der Waals surface area contributed by atoms with Gasteiger partial charge in [-0.05, 0) is 43.3 Å². The average molecular weight is 410 g/mol. The van der Waals surface area contributed by atoms with Gasteiger partial charge in [0.25, 0.3) is 5.91 Å². The number of aromatic nitrogens is 3. The van der Waals surface area contributed by atoms with Gasteiger partial charge in [-0.25, -0.2) is 10.2 Å². The molecule has 0 aliphatic heterocycles. The molecule has 0 saturated carbocycles. The van der Waals surface area contributed by atoms with Crippen molar-refractivity contribution in [1.29, 1.82) is 0 Å². The summed E-state index contributed by atoms with van der Waals surface area (Å²) in [5.74, 6) is -0.528. The molecule has 0 saturated heterocycles. The molecule has 160 valence electrons. The molecule has 0 aliphatic rings. The van der Waals surface area contributed by atoms with E-state index in [1.165, 1.54) is 5.56 Å². The van der Waals surface area contributed by atoms with Gasteiger partial charge in [-0.1, -0.05) is 62.4 Å². The zero-order valence-electron chi connectivity index (χ0n) is 18.2. The zero-order valence-corrected chi connectivity index (χ0v) is 18.2. The van der Waals surface area contributed by atoms with Gasteiger partial charge in [0.15, 0.2) is 0 Å². The molecular formula is C23H31N5O2. The van der Waals surface area contributed by atoms with Gasteiger partial charge in [-0.15, -0.1) is 5.10 Å². The number of hydrogen-bond donors (Lipinski definition) is 2. The summed E-state index contributed by atoms with van der Waals surface area (Å²) in [4.78, 5) is 13.7. The van der Waals surface area contributed by atoms with Crippen LogP contribution >= 0.6 is 0 Å². The number of carbonyl (C=O) groups excluding carboxylic acids is 1. The van der Waals surface area contributed by atoms with Gasteiger partial charge in [-0.2, -0.15) is 0 Å². The van der Waals surface area contributed by atoms with Crippen molar-refractivity contribution in [2.45, 2.75) is 33.7 Å². The number of hydrogen-bond acceptors (Lipinski definition) is 5. The van der Waals surface area contributed by atoms with E-state index in [0.717, 1.165) is 36.3 Å². The topological polar surface area (TPSA) is 83.3 Å². The molecule has 2 N–H and O–H groups in total. The van der Waals surface area contributed by atoms with Crippen molar-refractivity contribution in [3.8, 4) is 11.3 Å². The molecule has 1 heterocycles. The third-order valence-corrected chi connectivity index (χ3v) is 4.77. The Morgan fingerprint density at radius 3 is 2.30 bits per heavy atom. The molecule has 0 aliphatic carbocycles. The fourth-order valence-corrected chi connectivity index (χ4v) is 2.84. The second kappa shape index (κ2) is 11.8. The highest BCUT2D eigenvalue weighted by atomic mass is 16.5. The lowest BCUT2D eigenvalue weighted by Gasteiger charge is -2.13. The quantitative estimate of drug-likeness (QED) is 0.438. The molecule has 3 rings (SSSR count). The summed E-state index contributed by atoms with van der Waals surface area (Å²) in [6, 6.07) is 15.4. The summed E-state index contributed by atoms with van der Waals surface area (Å²) < 4.78 is 1.76. The largest absolute Gasteiger partial charge is 0.306 e. The standard InChI is InChI=1S/C21H25N5O2.C2H6/c1-3-25(2)13-12-16-4-8-18(9-5-16)20-15-26(24-22-20)14-17-6-10-19(11-7-17)21(27)23-28;1-2/h4-11,15,28H,3,12-14H2,1-2H3,(H,23,27);1-2H3. The molecule has 3 aromatic rings. The van der Waals surface area contributed by atoms with Crippen LogP contribution in [0.5, 0.6) is 0 Å². The van der Waals surface area contributed by atoms with E-state index in [0.29, 0.717) is 12.1 Å². The molecule has 7 heteroatoms. The molecule has 30 heavy (non-hydrogen) atoms. The van der Waals surface area contributed by atoms with Crippen LogP contribution in [0, 0.1) is 0 Å². The third-order valence-electron chi connectivity index (χ3n) is 4.77. The smallest absolute Gasteiger partial charge is 0.274 e. The predicted molar refractivity (Wildman–Crippen MR) is 118 cm³/mol. The van der Waals surface area contributed by atoms with Gasteiger partial charge >= 0.3 is 0 Å². The van der Waals surface area contributed by atoms with E-state index in [1.807, 2.05) is 32.2 Å². The number of carbonyl (C=O) groups is 1. The predicted octanol–water partition coefficient (Wildman–Crippen LogP) is 3.63. The monoisotopic (exact) mass is 409 g/mol. The number of nitrogens with one attached hydrogen (secondary N) is 1. The molecule has 7 nitrogen and oxygen atoms in total. The first kappa shape index (κ1) is 23.3. The van der Waals surface area contributed by atoms with E-state index in [1.54, 1.807) is 22.3 Å². The molecule has 1 amide bonds. The fraction of sp³-hybridized carbons (Fsp3) is 0.348. The van der Waals surface area contributed by atoms with Crippen molar-refractivity contribution in [3.63, 3.8) is 0 Å². The lowest BCUT2D eigenvalue weighted by molar-refractivity contribution is 0.0706. The van der Waals surface area contributed by atoms with Gasteiger partial charge in [0, 0.05) is 17.7 Å². The highest BCUT2D eigenvalue weighted by Crippen LogP contribution is 2.18. The van der Waals surface area contributed by atoms with Crippen LogP contribution in [0.25, 0.3) is 11.3 Å². The highest BCUT2D eigenvalue weighted by Gasteiger charge is 2.07. The number of nitrogens with zero attached hydrogens (tertiary/aromatic N) is 4. The lowest BCUT2D eigenvalue weighted by atomic mass is 10.1. The van der Waals surface area contributed by atoms with Crippen LogP contribution in [-0.2, 0) is 13.0 Å². The third kappa shape index (κ3) is 6.50.